The first-order valence-corrected chi connectivity index (χ1v) is 13.2. The molecule has 0 radical (unpaired) electrons. The maximum absolute atomic E-state index is 13.8. The summed E-state index contributed by atoms with van der Waals surface area (Å²) in [5.74, 6) is -0.950. The quantitative estimate of drug-likeness (QED) is 0.143. The van der Waals surface area contributed by atoms with Crippen LogP contribution in [0.3, 0.4) is 0 Å². The maximum Gasteiger partial charge on any atom is 0.271 e. The van der Waals surface area contributed by atoms with Gasteiger partial charge < -0.3 is 4.74 Å². The van der Waals surface area contributed by atoms with Gasteiger partial charge in [-0.2, -0.15) is 10.4 Å². The summed E-state index contributed by atoms with van der Waals surface area (Å²) in [6.45, 7) is 7.49. The van der Waals surface area contributed by atoms with E-state index in [-0.39, 0.29) is 23.3 Å². The highest BCUT2D eigenvalue weighted by atomic mass is 19.1. The second-order valence-corrected chi connectivity index (χ2v) is 9.79. The number of hydrogen-bond acceptors (Lipinski definition) is 5. The molecule has 0 fully saturated rings. The van der Waals surface area contributed by atoms with Gasteiger partial charge in [-0.05, 0) is 79.1 Å². The lowest BCUT2D eigenvalue weighted by Gasteiger charge is -2.27. The fourth-order valence-electron chi connectivity index (χ4n) is 4.74. The van der Waals surface area contributed by atoms with Crippen molar-refractivity contribution in [1.29, 1.82) is 5.26 Å². The van der Waals surface area contributed by atoms with E-state index >= 15 is 0 Å². The van der Waals surface area contributed by atoms with Crippen LogP contribution >= 0.6 is 0 Å². The lowest BCUT2D eigenvalue weighted by Crippen LogP contribution is -2.42. The van der Waals surface area contributed by atoms with E-state index in [1.807, 2.05) is 67.7 Å². The molecule has 208 valence electrons. The highest BCUT2D eigenvalue weighted by Gasteiger charge is 2.35. The highest BCUT2D eigenvalue weighted by molar-refractivity contribution is 6.19. The number of carbonyl (C=O) groups excluding carboxylic acids is 2. The first-order chi connectivity index (χ1) is 20.3. The predicted molar refractivity (Wildman–Crippen MR) is 158 cm³/mol. The number of rotatable bonds is 8. The van der Waals surface area contributed by atoms with Crippen molar-refractivity contribution in [2.75, 3.05) is 6.61 Å². The summed E-state index contributed by atoms with van der Waals surface area (Å²) in [4.78, 5) is 27.9. The number of benzene rings is 3. The van der Waals surface area contributed by atoms with Crippen molar-refractivity contribution in [3.63, 3.8) is 0 Å². The summed E-state index contributed by atoms with van der Waals surface area (Å²) in [6, 6.07) is 22.7. The van der Waals surface area contributed by atoms with Crippen LogP contribution < -0.4 is 4.74 Å². The topological polar surface area (TPSA) is 88.2 Å². The smallest absolute Gasteiger partial charge is 0.271 e. The molecular formula is C34H27FN4O3. The van der Waals surface area contributed by atoms with Gasteiger partial charge in [0, 0.05) is 22.9 Å². The molecule has 0 N–H and O–H groups in total. The number of ether oxygens (including phenoxy) is 1. The van der Waals surface area contributed by atoms with E-state index in [9.17, 15) is 19.2 Å². The van der Waals surface area contributed by atoms with E-state index in [1.54, 1.807) is 23.8 Å². The van der Waals surface area contributed by atoms with E-state index in [0.717, 1.165) is 27.5 Å². The van der Waals surface area contributed by atoms with Gasteiger partial charge in [-0.15, -0.1) is 0 Å². The fraction of sp³-hybridized carbons (Fsp3) is 0.118. The fourth-order valence-corrected chi connectivity index (χ4v) is 4.74. The van der Waals surface area contributed by atoms with Crippen LogP contribution in [0.25, 0.3) is 23.0 Å². The molecule has 7 nitrogen and oxygen atoms in total. The number of aryl methyl sites for hydroxylation is 1. The minimum atomic E-state index is -0.688. The number of nitriles is 1. The first kappa shape index (κ1) is 28.0. The molecule has 0 saturated heterocycles. The van der Waals surface area contributed by atoms with E-state index < -0.39 is 17.6 Å². The predicted octanol–water partition coefficient (Wildman–Crippen LogP) is 6.34. The van der Waals surface area contributed by atoms with Crippen molar-refractivity contribution in [3.05, 3.63) is 131 Å². The Bertz CT molecular complexity index is 1790. The standard InChI is InChI=1S/C34H27FN4O3/c1-4-16-42-31-15-12-25(17-22(31)2)32-26(21-39(37-32)28-8-6-5-7-9-28)18-29-23(3)30(19-36)34(41)38(33(29)40)20-24-10-13-27(35)14-11-24/h4-15,17-18,21H,1,16,20H2,2-3H3/b29-18+. The average molecular weight is 559 g/mol. The zero-order valence-electron chi connectivity index (χ0n) is 23.2. The minimum Gasteiger partial charge on any atom is -0.489 e. The van der Waals surface area contributed by atoms with Gasteiger partial charge in [0.1, 0.15) is 29.8 Å². The van der Waals surface area contributed by atoms with Crippen LogP contribution in [0, 0.1) is 24.1 Å². The third-order valence-corrected chi connectivity index (χ3v) is 6.95. The Hall–Kier alpha value is -5.55. The van der Waals surface area contributed by atoms with Crippen LogP contribution in [0.1, 0.15) is 23.6 Å². The lowest BCUT2D eigenvalue weighted by atomic mass is 9.93. The van der Waals surface area contributed by atoms with E-state index in [4.69, 9.17) is 9.84 Å². The van der Waals surface area contributed by atoms with Gasteiger partial charge in [0.2, 0.25) is 0 Å². The van der Waals surface area contributed by atoms with E-state index in [0.29, 0.717) is 23.4 Å². The molecule has 2 heterocycles. The third-order valence-electron chi connectivity index (χ3n) is 6.95. The highest BCUT2D eigenvalue weighted by Crippen LogP contribution is 2.33. The van der Waals surface area contributed by atoms with Crippen molar-refractivity contribution in [3.8, 4) is 28.8 Å². The number of hydrogen-bond donors (Lipinski definition) is 0. The van der Waals surface area contributed by atoms with Gasteiger partial charge in [0.25, 0.3) is 11.8 Å². The van der Waals surface area contributed by atoms with Gasteiger partial charge in [-0.3, -0.25) is 14.5 Å². The molecule has 1 aliphatic rings. The Kier molecular flexibility index (Phi) is 7.93. The lowest BCUT2D eigenvalue weighted by molar-refractivity contribution is -0.141. The van der Waals surface area contributed by atoms with Crippen LogP contribution in [0.2, 0.25) is 0 Å². The summed E-state index contributed by atoms with van der Waals surface area (Å²) in [6.07, 6.45) is 5.15. The Morgan fingerprint density at radius 3 is 2.43 bits per heavy atom. The number of aromatic nitrogens is 2. The second kappa shape index (κ2) is 11.9. The summed E-state index contributed by atoms with van der Waals surface area (Å²) in [5, 5.41) is 14.7. The number of halogens is 1. The van der Waals surface area contributed by atoms with Crippen LogP contribution in [-0.2, 0) is 16.1 Å². The number of carbonyl (C=O) groups is 2. The van der Waals surface area contributed by atoms with Crippen LogP contribution in [0.4, 0.5) is 4.39 Å². The number of nitrogens with zero attached hydrogens (tertiary/aromatic N) is 4. The molecular weight excluding hydrogens is 531 g/mol. The molecule has 0 bridgehead atoms. The van der Waals surface area contributed by atoms with Gasteiger partial charge in [0.15, 0.2) is 0 Å². The van der Waals surface area contributed by atoms with Crippen molar-refractivity contribution in [2.45, 2.75) is 20.4 Å². The average Bonchev–Trinajstić information content (AvgIpc) is 3.42. The third kappa shape index (κ3) is 5.54. The Balaban J connectivity index is 1.63. The Morgan fingerprint density at radius 1 is 1.02 bits per heavy atom. The number of para-hydroxylation sites is 1. The first-order valence-electron chi connectivity index (χ1n) is 13.2. The maximum atomic E-state index is 13.8. The van der Waals surface area contributed by atoms with Crippen LogP contribution in [0.15, 0.2) is 108 Å². The number of imide groups is 1. The summed E-state index contributed by atoms with van der Waals surface area (Å²) >= 11 is 0. The molecule has 1 aromatic heterocycles. The molecule has 5 rings (SSSR count). The molecule has 8 heteroatoms. The molecule has 42 heavy (non-hydrogen) atoms. The van der Waals surface area contributed by atoms with Crippen molar-refractivity contribution < 1.29 is 18.7 Å². The molecule has 0 unspecified atom stereocenters. The summed E-state index contributed by atoms with van der Waals surface area (Å²) < 4.78 is 20.9. The second-order valence-electron chi connectivity index (χ2n) is 9.79. The molecule has 2 amide bonds. The molecule has 0 saturated carbocycles. The Morgan fingerprint density at radius 2 is 1.76 bits per heavy atom. The number of amides is 2. The minimum absolute atomic E-state index is 0.102. The largest absolute Gasteiger partial charge is 0.489 e. The molecule has 3 aromatic carbocycles. The van der Waals surface area contributed by atoms with Crippen molar-refractivity contribution >= 4 is 17.9 Å². The molecule has 1 aliphatic heterocycles. The van der Waals surface area contributed by atoms with Crippen LogP contribution in [-0.4, -0.2) is 33.1 Å². The van der Waals surface area contributed by atoms with Gasteiger partial charge in [-0.25, -0.2) is 9.07 Å². The summed E-state index contributed by atoms with van der Waals surface area (Å²) in [5.41, 5.74) is 4.65. The van der Waals surface area contributed by atoms with Crippen molar-refractivity contribution in [2.24, 2.45) is 0 Å². The zero-order valence-corrected chi connectivity index (χ0v) is 23.2. The van der Waals surface area contributed by atoms with Gasteiger partial charge >= 0.3 is 0 Å². The monoisotopic (exact) mass is 558 g/mol. The zero-order chi connectivity index (χ0) is 29.8. The SMILES string of the molecule is C=CCOc1ccc(-c2nn(-c3ccccc3)cc2/C=C2/C(=O)N(Cc3ccc(F)cc3)C(=O)C(C#N)=C2C)cc1C. The normalized spacial score (nSPS) is 14.3. The molecule has 4 aromatic rings. The van der Waals surface area contributed by atoms with Gasteiger partial charge in [-0.1, -0.05) is 43.0 Å². The molecule has 0 atom stereocenters. The molecule has 0 aliphatic carbocycles. The van der Waals surface area contributed by atoms with Crippen molar-refractivity contribution in [1.82, 2.24) is 14.7 Å². The van der Waals surface area contributed by atoms with Crippen LogP contribution in [0.5, 0.6) is 5.75 Å². The van der Waals surface area contributed by atoms with E-state index in [2.05, 4.69) is 6.58 Å². The van der Waals surface area contributed by atoms with E-state index in [1.165, 1.54) is 24.3 Å². The Labute approximate surface area is 243 Å². The van der Waals surface area contributed by atoms with Gasteiger partial charge in [0.05, 0.1) is 17.9 Å². The molecule has 0 spiro atoms. The summed E-state index contributed by atoms with van der Waals surface area (Å²) in [7, 11) is 0.